The maximum absolute atomic E-state index is 5.30. The molecule has 2 aliphatic rings. The number of benzene rings is 10. The number of fused-ring (bicyclic) bond motifs is 4. The smallest absolute Gasteiger partial charge is 0.164 e. The third-order valence-corrected chi connectivity index (χ3v) is 23.0. The van der Waals surface area contributed by atoms with Gasteiger partial charge < -0.3 is 9.80 Å². The van der Waals surface area contributed by atoms with E-state index in [1.807, 2.05) is 72.8 Å². The molecule has 14 rings (SSSR count). The van der Waals surface area contributed by atoms with E-state index in [-0.39, 0.29) is 0 Å². The highest BCUT2D eigenvalue weighted by Gasteiger charge is 2.41. The topological polar surface area (TPSA) is 83.8 Å². The fourth-order valence-corrected chi connectivity index (χ4v) is 17.9. The molecular weight excluding hydrogens is 1010 g/mol. The Morgan fingerprint density at radius 1 is 0.225 bits per heavy atom. The van der Waals surface area contributed by atoms with Gasteiger partial charge in [0.1, 0.15) is 16.1 Å². The molecule has 0 amide bonds. The van der Waals surface area contributed by atoms with E-state index in [0.717, 1.165) is 55.9 Å². The molecule has 382 valence electrons. The number of anilines is 6. The molecule has 0 aliphatic carbocycles. The zero-order valence-electron chi connectivity index (χ0n) is 44.8. The number of hydrogen-bond donors (Lipinski definition) is 0. The van der Waals surface area contributed by atoms with Gasteiger partial charge in [0.25, 0.3) is 0 Å². The van der Waals surface area contributed by atoms with Crippen molar-refractivity contribution in [1.29, 1.82) is 0 Å². The van der Waals surface area contributed by atoms with Crippen LogP contribution in [0.1, 0.15) is 0 Å². The molecule has 10 aromatic carbocycles. The Kier molecular flexibility index (Phi) is 11.9. The largest absolute Gasteiger partial charge is 0.310 e. The van der Waals surface area contributed by atoms with Crippen LogP contribution in [0.2, 0.25) is 26.2 Å². The van der Waals surface area contributed by atoms with Crippen molar-refractivity contribution in [2.75, 3.05) is 9.80 Å². The summed E-state index contributed by atoms with van der Waals surface area (Å²) in [6.45, 7) is 9.89. The van der Waals surface area contributed by atoms with E-state index < -0.39 is 16.1 Å². The van der Waals surface area contributed by atoms with E-state index in [2.05, 4.69) is 218 Å². The molecule has 0 saturated carbocycles. The molecule has 80 heavy (non-hydrogen) atoms. The van der Waals surface area contributed by atoms with Crippen LogP contribution in [-0.2, 0) is 0 Å². The summed E-state index contributed by atoms with van der Waals surface area (Å²) in [5.41, 5.74) is 14.1. The van der Waals surface area contributed by atoms with Crippen molar-refractivity contribution in [3.63, 3.8) is 0 Å². The van der Waals surface area contributed by atoms with Crippen LogP contribution in [0.5, 0.6) is 0 Å². The first kappa shape index (κ1) is 48.6. The minimum atomic E-state index is -2.20. The van der Waals surface area contributed by atoms with Gasteiger partial charge in [-0.3, -0.25) is 0 Å². The predicted octanol–water partition coefficient (Wildman–Crippen LogP) is 14.9. The van der Waals surface area contributed by atoms with Gasteiger partial charge in [0, 0.05) is 67.3 Å². The van der Waals surface area contributed by atoms with E-state index >= 15 is 0 Å². The third kappa shape index (κ3) is 8.35. The van der Waals surface area contributed by atoms with Gasteiger partial charge in [0.15, 0.2) is 34.9 Å². The zero-order chi connectivity index (χ0) is 54.0. The van der Waals surface area contributed by atoms with Crippen LogP contribution in [-0.4, -0.2) is 46.1 Å². The van der Waals surface area contributed by atoms with Gasteiger partial charge in [-0.05, 0) is 57.1 Å². The summed E-state index contributed by atoms with van der Waals surface area (Å²) >= 11 is 0. The van der Waals surface area contributed by atoms with Crippen molar-refractivity contribution in [2.24, 2.45) is 0 Å². The molecule has 2 aromatic heterocycles. The van der Waals surface area contributed by atoms with Crippen molar-refractivity contribution in [1.82, 2.24) is 29.9 Å². The Bertz CT molecular complexity index is 3830. The van der Waals surface area contributed by atoms with Gasteiger partial charge >= 0.3 is 0 Å². The van der Waals surface area contributed by atoms with E-state index in [9.17, 15) is 0 Å². The van der Waals surface area contributed by atoms with E-state index in [4.69, 9.17) is 29.9 Å². The normalized spacial score (nSPS) is 13.7. The molecule has 0 N–H and O–H groups in total. The summed E-state index contributed by atoms with van der Waals surface area (Å²) < 4.78 is 0. The number of rotatable bonds is 9. The first-order chi connectivity index (χ1) is 39.2. The second-order valence-electron chi connectivity index (χ2n) is 21.5. The lowest BCUT2D eigenvalue weighted by atomic mass is 9.95. The summed E-state index contributed by atoms with van der Waals surface area (Å²) in [6.07, 6.45) is 0. The average molecular weight is 1060 g/mol. The molecule has 0 unspecified atom stereocenters. The van der Waals surface area contributed by atoms with Crippen molar-refractivity contribution < 1.29 is 0 Å². The minimum absolute atomic E-state index is 0.582. The molecular formula is C70H54N8Si2. The lowest BCUT2D eigenvalue weighted by molar-refractivity contribution is 1.07. The predicted molar refractivity (Wildman–Crippen MR) is 334 cm³/mol. The Morgan fingerprint density at radius 2 is 0.450 bits per heavy atom. The van der Waals surface area contributed by atoms with Gasteiger partial charge in [-0.1, -0.05) is 245 Å². The monoisotopic (exact) mass is 1060 g/mol. The van der Waals surface area contributed by atoms with Crippen LogP contribution >= 0.6 is 0 Å². The number of nitrogens with zero attached hydrogens (tertiary/aromatic N) is 8. The van der Waals surface area contributed by atoms with Crippen LogP contribution in [0, 0.1) is 0 Å². The van der Waals surface area contributed by atoms with Crippen molar-refractivity contribution >= 4 is 71.0 Å². The summed E-state index contributed by atoms with van der Waals surface area (Å²) in [5.74, 6) is 3.60. The van der Waals surface area contributed by atoms with Gasteiger partial charge in [-0.15, -0.1) is 0 Å². The lowest BCUT2D eigenvalue weighted by Gasteiger charge is -2.43. The second kappa shape index (κ2) is 19.6. The van der Waals surface area contributed by atoms with Gasteiger partial charge in [-0.25, -0.2) is 29.9 Å². The Hall–Kier alpha value is -9.75. The summed E-state index contributed by atoms with van der Waals surface area (Å²) in [5, 5.41) is 5.47. The van der Waals surface area contributed by atoms with Crippen LogP contribution in [0.3, 0.4) is 0 Å². The first-order valence-electron chi connectivity index (χ1n) is 27.2. The maximum Gasteiger partial charge on any atom is 0.164 e. The molecule has 4 heterocycles. The van der Waals surface area contributed by atoms with Crippen molar-refractivity contribution in [3.05, 3.63) is 255 Å². The SMILES string of the molecule is C[Si]1(C)c2ccccc2N(c2cc(-c3nc(-c4ccccc4)nc(-c4ccccc4)n3)ccc2-c2ccc(-c3nc(-c4ccccc4)nc(-c4ccccc4)n3)cc2N2c3ccccc3[Si](C)(C)c3ccccc32)c2ccccc21. The van der Waals surface area contributed by atoms with Crippen LogP contribution in [0.4, 0.5) is 34.1 Å². The fourth-order valence-electron chi connectivity index (χ4n) is 11.9. The van der Waals surface area contributed by atoms with E-state index in [0.29, 0.717) is 34.9 Å². The highest BCUT2D eigenvalue weighted by molar-refractivity contribution is 7.03. The highest BCUT2D eigenvalue weighted by Crippen LogP contribution is 2.50. The van der Waals surface area contributed by atoms with Gasteiger partial charge in [-0.2, -0.15) is 0 Å². The van der Waals surface area contributed by atoms with Crippen LogP contribution in [0.25, 0.3) is 79.5 Å². The molecule has 0 spiro atoms. The Labute approximate surface area is 468 Å². The molecule has 2 aliphatic heterocycles. The molecule has 0 saturated heterocycles. The Morgan fingerprint density at radius 3 is 0.713 bits per heavy atom. The molecule has 0 fully saturated rings. The third-order valence-electron chi connectivity index (χ3n) is 16.0. The quantitative estimate of drug-likeness (QED) is 0.132. The second-order valence-corrected chi connectivity index (χ2v) is 30.2. The minimum Gasteiger partial charge on any atom is -0.310 e. The number of hydrogen-bond acceptors (Lipinski definition) is 8. The molecule has 0 bridgehead atoms. The maximum atomic E-state index is 5.30. The van der Waals surface area contributed by atoms with Gasteiger partial charge in [0.2, 0.25) is 0 Å². The summed E-state index contributed by atoms with van der Waals surface area (Å²) in [4.78, 5) is 36.4. The van der Waals surface area contributed by atoms with Crippen molar-refractivity contribution in [3.8, 4) is 79.5 Å². The molecule has 0 atom stereocenters. The zero-order valence-corrected chi connectivity index (χ0v) is 46.8. The van der Waals surface area contributed by atoms with Crippen LogP contribution < -0.4 is 30.5 Å². The average Bonchev–Trinajstić information content (AvgIpc) is 3.10. The Balaban J connectivity index is 1.07. The van der Waals surface area contributed by atoms with E-state index in [1.54, 1.807) is 0 Å². The number of aromatic nitrogens is 6. The van der Waals surface area contributed by atoms with Crippen molar-refractivity contribution in [2.45, 2.75) is 26.2 Å². The molecule has 0 radical (unpaired) electrons. The summed E-state index contributed by atoms with van der Waals surface area (Å²) in [7, 11) is -4.41. The molecule has 10 heteroatoms. The lowest BCUT2D eigenvalue weighted by Crippen LogP contribution is -2.58. The molecule has 8 nitrogen and oxygen atoms in total. The van der Waals surface area contributed by atoms with E-state index in [1.165, 1.54) is 43.5 Å². The number of para-hydroxylation sites is 4. The highest BCUT2D eigenvalue weighted by atomic mass is 28.3. The standard InChI is InChI=1S/C70H54N8Si2/c1-79(2)61-37-21-17-33-55(61)77(56-34-18-22-38-62(56)79)59-45-51(69-73-65(47-25-9-5-10-26-47)71-66(74-69)48-27-11-6-12-28-48)41-43-53(59)54-44-42-52(70-75-67(49-29-13-7-14-30-49)72-68(76-70)50-31-15-8-16-32-50)46-60(54)78-57-35-19-23-39-63(57)80(3,4)64-40-24-20-36-58(64)78/h5-46H,1-4H3. The first-order valence-corrected chi connectivity index (χ1v) is 33.2. The molecule has 12 aromatic rings. The van der Waals surface area contributed by atoms with Crippen LogP contribution in [0.15, 0.2) is 255 Å². The summed E-state index contributed by atoms with van der Waals surface area (Å²) in [6, 6.07) is 90.3. The van der Waals surface area contributed by atoms with Gasteiger partial charge in [0.05, 0.1) is 11.4 Å². The fraction of sp³-hybridized carbons (Fsp3) is 0.0571.